The summed E-state index contributed by atoms with van der Waals surface area (Å²) in [6.07, 6.45) is -7.12. The van der Waals surface area contributed by atoms with Crippen molar-refractivity contribution in [3.05, 3.63) is 11.9 Å². The van der Waals surface area contributed by atoms with Crippen molar-refractivity contribution in [3.8, 4) is 0 Å². The van der Waals surface area contributed by atoms with Crippen LogP contribution in [0.2, 0.25) is 0 Å². The van der Waals surface area contributed by atoms with Crippen LogP contribution in [-0.4, -0.2) is 60.9 Å². The molecule has 0 spiro atoms. The molecule has 1 rings (SSSR count). The summed E-state index contributed by atoms with van der Waals surface area (Å²) in [5.74, 6) is 0.484. The molecular formula is C7H13O8P. The smallest absolute Gasteiger partial charge is 0.348 e. The van der Waals surface area contributed by atoms with Gasteiger partial charge in [-0.1, -0.05) is 0 Å². The molecule has 94 valence electrons. The molecule has 5 atom stereocenters. The Morgan fingerprint density at radius 2 is 1.56 bits per heavy atom. The highest BCUT2D eigenvalue weighted by molar-refractivity contribution is 7.55. The summed E-state index contributed by atoms with van der Waals surface area (Å²) in [6.45, 7) is 0. The number of hydrogen-bond donors (Lipinski definition) is 6. The van der Waals surface area contributed by atoms with Crippen molar-refractivity contribution < 1.29 is 39.5 Å². The van der Waals surface area contributed by atoms with Gasteiger partial charge in [0, 0.05) is 5.82 Å². The third-order valence-corrected chi connectivity index (χ3v) is 2.66. The predicted molar refractivity (Wildman–Crippen MR) is 50.1 cm³/mol. The quantitative estimate of drug-likeness (QED) is 0.296. The zero-order valence-electron chi connectivity index (χ0n) is 7.99. The molecule has 1 saturated heterocycles. The summed E-state index contributed by atoms with van der Waals surface area (Å²) in [4.78, 5) is 17.1. The van der Waals surface area contributed by atoms with Gasteiger partial charge in [-0.3, -0.25) is 4.57 Å². The van der Waals surface area contributed by atoms with Crippen molar-refractivity contribution in [2.75, 3.05) is 0 Å². The molecule has 6 N–H and O–H groups in total. The van der Waals surface area contributed by atoms with Crippen molar-refractivity contribution in [3.63, 3.8) is 0 Å². The van der Waals surface area contributed by atoms with Crippen molar-refractivity contribution in [2.45, 2.75) is 30.7 Å². The predicted octanol–water partition coefficient (Wildman–Crippen LogP) is -2.52. The zero-order chi connectivity index (χ0) is 12.5. The van der Waals surface area contributed by atoms with Crippen molar-refractivity contribution in [1.29, 1.82) is 0 Å². The first-order valence-electron chi connectivity index (χ1n) is 4.34. The Kier molecular flexibility index (Phi) is 4.22. The molecule has 0 saturated carbocycles. The maximum absolute atomic E-state index is 10.5. The van der Waals surface area contributed by atoms with Gasteiger partial charge in [-0.05, 0) is 6.08 Å². The van der Waals surface area contributed by atoms with E-state index >= 15 is 0 Å². The van der Waals surface area contributed by atoms with Crippen LogP contribution in [0.1, 0.15) is 0 Å². The minimum absolute atomic E-state index is 0.484. The summed E-state index contributed by atoms with van der Waals surface area (Å²) in [7, 11) is -4.41. The molecule has 0 aromatic carbocycles. The van der Waals surface area contributed by atoms with Crippen LogP contribution in [0.3, 0.4) is 0 Å². The lowest BCUT2D eigenvalue weighted by atomic mass is 9.99. The molecule has 1 fully saturated rings. The van der Waals surface area contributed by atoms with Gasteiger partial charge in [-0.15, -0.1) is 0 Å². The van der Waals surface area contributed by atoms with Gasteiger partial charge in [0.05, 0.1) is 0 Å². The lowest BCUT2D eigenvalue weighted by Gasteiger charge is -2.37. The average molecular weight is 256 g/mol. The molecule has 16 heavy (non-hydrogen) atoms. The minimum atomic E-state index is -4.41. The number of hydrogen-bond acceptors (Lipinski definition) is 6. The van der Waals surface area contributed by atoms with E-state index in [2.05, 4.69) is 4.74 Å². The average Bonchev–Trinajstić information content (AvgIpc) is 2.17. The van der Waals surface area contributed by atoms with Crippen LogP contribution < -0.4 is 0 Å². The van der Waals surface area contributed by atoms with Gasteiger partial charge in [0.2, 0.25) is 0 Å². The van der Waals surface area contributed by atoms with E-state index in [1.54, 1.807) is 0 Å². The van der Waals surface area contributed by atoms with Crippen LogP contribution in [0.5, 0.6) is 0 Å². The van der Waals surface area contributed by atoms with Crippen molar-refractivity contribution in [1.82, 2.24) is 0 Å². The highest BCUT2D eigenvalue weighted by Crippen LogP contribution is 2.36. The van der Waals surface area contributed by atoms with E-state index in [1.807, 2.05) is 0 Å². The van der Waals surface area contributed by atoms with E-state index in [1.165, 1.54) is 0 Å². The zero-order valence-corrected chi connectivity index (χ0v) is 8.88. The molecule has 0 unspecified atom stereocenters. The molecule has 0 bridgehead atoms. The first kappa shape index (κ1) is 13.8. The van der Waals surface area contributed by atoms with Gasteiger partial charge in [-0.2, -0.15) is 0 Å². The first-order chi connectivity index (χ1) is 7.22. The summed E-state index contributed by atoms with van der Waals surface area (Å²) < 4.78 is 15.1. The molecule has 9 heteroatoms. The van der Waals surface area contributed by atoms with Crippen LogP contribution in [0.25, 0.3) is 0 Å². The van der Waals surface area contributed by atoms with Crippen LogP contribution in [0, 0.1) is 0 Å². The highest BCUT2D eigenvalue weighted by Gasteiger charge is 2.42. The van der Waals surface area contributed by atoms with E-state index in [0.29, 0.717) is 5.82 Å². The minimum Gasteiger partial charge on any atom is -0.387 e. The molecule has 1 heterocycles. The van der Waals surface area contributed by atoms with E-state index in [4.69, 9.17) is 20.0 Å². The molecule has 0 radical (unpaired) electrons. The fourth-order valence-corrected chi connectivity index (χ4v) is 1.64. The third-order valence-electron chi connectivity index (χ3n) is 2.10. The van der Waals surface area contributed by atoms with E-state index in [-0.39, 0.29) is 0 Å². The summed E-state index contributed by atoms with van der Waals surface area (Å²) in [6, 6.07) is 0. The van der Waals surface area contributed by atoms with Gasteiger partial charge in [-0.25, -0.2) is 0 Å². The maximum Gasteiger partial charge on any atom is 0.348 e. The third kappa shape index (κ3) is 3.34. The highest BCUT2D eigenvalue weighted by atomic mass is 31.2. The van der Waals surface area contributed by atoms with E-state index in [9.17, 15) is 14.8 Å². The van der Waals surface area contributed by atoms with Crippen LogP contribution >= 0.6 is 7.60 Å². The molecule has 0 amide bonds. The Morgan fingerprint density at radius 1 is 1.00 bits per heavy atom. The number of aliphatic hydroxyl groups excluding tert-OH is 4. The van der Waals surface area contributed by atoms with Crippen molar-refractivity contribution >= 4 is 7.60 Å². The fourth-order valence-electron chi connectivity index (χ4n) is 1.24. The number of rotatable bonds is 2. The molecule has 0 aliphatic carbocycles. The normalized spacial score (nSPS) is 41.5. The van der Waals surface area contributed by atoms with Crippen molar-refractivity contribution in [2.24, 2.45) is 0 Å². The molecule has 1 aliphatic rings. The van der Waals surface area contributed by atoms with Crippen LogP contribution in [0.15, 0.2) is 11.9 Å². The molecular weight excluding hydrogens is 243 g/mol. The van der Waals surface area contributed by atoms with E-state index < -0.39 is 38.3 Å². The Balaban J connectivity index is 2.75. The van der Waals surface area contributed by atoms with Crippen LogP contribution in [-0.2, 0) is 9.30 Å². The molecule has 1 aliphatic heterocycles. The van der Waals surface area contributed by atoms with E-state index in [0.717, 1.165) is 6.08 Å². The largest absolute Gasteiger partial charge is 0.387 e. The number of aliphatic hydroxyl groups is 4. The SMILES string of the molecule is O=P(O)(O)/C=C/[C@H]1O[C@H](O)[C@@H](O)[C@@H](O)[C@@H]1O. The Hall–Kier alpha value is -0.310. The van der Waals surface area contributed by atoms with Gasteiger partial charge < -0.3 is 34.9 Å². The maximum atomic E-state index is 10.5. The Morgan fingerprint density at radius 3 is 2.06 bits per heavy atom. The first-order valence-corrected chi connectivity index (χ1v) is 6.03. The summed E-state index contributed by atoms with van der Waals surface area (Å²) >= 11 is 0. The standard InChI is InChI=1S/C7H13O8P/c8-4-3(1-2-16(12,13)14)15-7(11)6(10)5(4)9/h1-11H,(H2,12,13,14)/b2-1+/t3-,4-,5+,6+,7+/m1/s1. The molecule has 0 aromatic heterocycles. The number of ether oxygens (including phenoxy) is 1. The van der Waals surface area contributed by atoms with Gasteiger partial charge in [0.1, 0.15) is 24.4 Å². The summed E-state index contributed by atoms with van der Waals surface area (Å²) in [5, 5.41) is 36.8. The monoisotopic (exact) mass is 256 g/mol. The topological polar surface area (TPSA) is 148 Å². The Bertz CT molecular complexity index is 312. The lowest BCUT2D eigenvalue weighted by Crippen LogP contribution is -2.56. The van der Waals surface area contributed by atoms with Gasteiger partial charge in [0.15, 0.2) is 6.29 Å². The van der Waals surface area contributed by atoms with Gasteiger partial charge >= 0.3 is 7.60 Å². The second kappa shape index (κ2) is 4.91. The molecule has 0 aromatic rings. The van der Waals surface area contributed by atoms with Gasteiger partial charge in [0.25, 0.3) is 0 Å². The second-order valence-corrected chi connectivity index (χ2v) is 4.87. The Labute approximate surface area is 90.6 Å². The van der Waals surface area contributed by atoms with Crippen LogP contribution in [0.4, 0.5) is 0 Å². The summed E-state index contributed by atoms with van der Waals surface area (Å²) in [5.41, 5.74) is 0. The lowest BCUT2D eigenvalue weighted by molar-refractivity contribution is -0.271. The molecule has 8 nitrogen and oxygen atoms in total. The fraction of sp³-hybridized carbons (Fsp3) is 0.714. The second-order valence-electron chi connectivity index (χ2n) is 3.39.